The molecule has 1 aromatic heterocycles. The summed E-state index contributed by atoms with van der Waals surface area (Å²) in [5.74, 6) is 0.790. The number of hydrogen-bond donors (Lipinski definition) is 2. The van der Waals surface area contributed by atoms with E-state index < -0.39 is 0 Å². The number of aromatic nitrogens is 2. The number of nitrogens with zero attached hydrogens (tertiary/aromatic N) is 1. The van der Waals surface area contributed by atoms with Gasteiger partial charge in [-0.05, 0) is 19.4 Å². The van der Waals surface area contributed by atoms with Gasteiger partial charge in [-0.15, -0.1) is 0 Å². The minimum absolute atomic E-state index is 0.0197. The van der Waals surface area contributed by atoms with Gasteiger partial charge < -0.3 is 15.0 Å². The smallest absolute Gasteiger partial charge is 0.254 e. The van der Waals surface area contributed by atoms with Crippen LogP contribution in [0.1, 0.15) is 29.9 Å². The molecule has 0 spiro atoms. The van der Waals surface area contributed by atoms with Crippen LogP contribution < -0.4 is 10.9 Å². The van der Waals surface area contributed by atoms with E-state index in [1.807, 2.05) is 0 Å². The van der Waals surface area contributed by atoms with Crippen LogP contribution in [0.15, 0.2) is 4.79 Å². The second-order valence-electron chi connectivity index (χ2n) is 4.74. The Morgan fingerprint density at radius 1 is 1.47 bits per heavy atom. The molecule has 92 valence electrons. The molecule has 2 aliphatic rings. The maximum Gasteiger partial charge on any atom is 0.254 e. The van der Waals surface area contributed by atoms with Gasteiger partial charge in [-0.2, -0.15) is 0 Å². The van der Waals surface area contributed by atoms with Gasteiger partial charge in [0.1, 0.15) is 5.82 Å². The molecule has 1 saturated heterocycles. The van der Waals surface area contributed by atoms with E-state index in [2.05, 4.69) is 15.3 Å². The fourth-order valence-corrected chi connectivity index (χ4v) is 2.58. The lowest BCUT2D eigenvalue weighted by Gasteiger charge is -2.16. The third kappa shape index (κ3) is 2.25. The second kappa shape index (κ2) is 4.58. The maximum absolute atomic E-state index is 11.9. The number of fused-ring (bicyclic) bond motifs is 1. The van der Waals surface area contributed by atoms with Gasteiger partial charge in [0.05, 0.1) is 18.9 Å². The molecule has 0 bridgehead atoms. The number of rotatable bonds is 2. The van der Waals surface area contributed by atoms with Gasteiger partial charge in [0, 0.05) is 24.4 Å². The van der Waals surface area contributed by atoms with Crippen molar-refractivity contribution in [2.45, 2.75) is 38.3 Å². The Kier molecular flexibility index (Phi) is 2.94. The van der Waals surface area contributed by atoms with E-state index in [1.165, 1.54) is 6.42 Å². The molecule has 1 unspecified atom stereocenters. The van der Waals surface area contributed by atoms with Crippen molar-refractivity contribution in [3.05, 3.63) is 27.4 Å². The fraction of sp³-hybridized carbons (Fsp3) is 0.667. The van der Waals surface area contributed by atoms with Crippen molar-refractivity contribution >= 4 is 0 Å². The van der Waals surface area contributed by atoms with Crippen LogP contribution in [0.4, 0.5) is 0 Å². The molecule has 0 aromatic carbocycles. The molecule has 17 heavy (non-hydrogen) atoms. The highest BCUT2D eigenvalue weighted by Gasteiger charge is 2.19. The van der Waals surface area contributed by atoms with Crippen LogP contribution in [-0.4, -0.2) is 29.2 Å². The molecule has 2 N–H and O–H groups in total. The van der Waals surface area contributed by atoms with Crippen molar-refractivity contribution in [1.82, 2.24) is 15.3 Å². The lowest BCUT2D eigenvalue weighted by molar-refractivity contribution is 0.106. The first-order chi connectivity index (χ1) is 8.33. The third-order valence-electron chi connectivity index (χ3n) is 3.49. The maximum atomic E-state index is 11.9. The van der Waals surface area contributed by atoms with Gasteiger partial charge in [-0.25, -0.2) is 4.98 Å². The largest absolute Gasteiger partial charge is 0.375 e. The van der Waals surface area contributed by atoms with Gasteiger partial charge >= 0.3 is 0 Å². The summed E-state index contributed by atoms with van der Waals surface area (Å²) in [6.45, 7) is 2.18. The molecule has 5 nitrogen and oxygen atoms in total. The Hall–Kier alpha value is -1.20. The average molecular weight is 235 g/mol. The molecule has 0 radical (unpaired) electrons. The summed E-state index contributed by atoms with van der Waals surface area (Å²) in [4.78, 5) is 19.3. The van der Waals surface area contributed by atoms with Crippen LogP contribution in [0.3, 0.4) is 0 Å². The zero-order chi connectivity index (χ0) is 11.7. The number of H-pyrrole nitrogens is 1. The molecular formula is C12H17N3O2. The Labute approximate surface area is 99.6 Å². The molecule has 3 rings (SSSR count). The lowest BCUT2D eigenvalue weighted by atomic mass is 10.1. The van der Waals surface area contributed by atoms with Crippen LogP contribution in [0.5, 0.6) is 0 Å². The second-order valence-corrected chi connectivity index (χ2v) is 4.74. The molecule has 5 heteroatoms. The SMILES string of the molecule is O=c1[nH]c(CC2CCCN2)nc2c1CCOC2. The Morgan fingerprint density at radius 2 is 2.41 bits per heavy atom. The third-order valence-corrected chi connectivity index (χ3v) is 3.49. The van der Waals surface area contributed by atoms with Crippen LogP contribution in [0.25, 0.3) is 0 Å². The molecule has 0 amide bonds. The van der Waals surface area contributed by atoms with Gasteiger partial charge in [-0.1, -0.05) is 0 Å². The molecule has 1 aromatic rings. The van der Waals surface area contributed by atoms with E-state index in [0.29, 0.717) is 25.7 Å². The number of ether oxygens (including phenoxy) is 1. The minimum Gasteiger partial charge on any atom is -0.375 e. The lowest BCUT2D eigenvalue weighted by Crippen LogP contribution is -2.29. The number of nitrogens with one attached hydrogen (secondary N) is 2. The van der Waals surface area contributed by atoms with Crippen molar-refractivity contribution in [1.29, 1.82) is 0 Å². The average Bonchev–Trinajstić information content (AvgIpc) is 2.82. The van der Waals surface area contributed by atoms with Crippen LogP contribution in [0, 0.1) is 0 Å². The fourth-order valence-electron chi connectivity index (χ4n) is 2.58. The monoisotopic (exact) mass is 235 g/mol. The summed E-state index contributed by atoms with van der Waals surface area (Å²) in [6.07, 6.45) is 3.86. The molecule has 3 heterocycles. The molecule has 0 saturated carbocycles. The van der Waals surface area contributed by atoms with Crippen molar-refractivity contribution in [2.75, 3.05) is 13.2 Å². The molecule has 1 fully saturated rings. The van der Waals surface area contributed by atoms with Crippen LogP contribution in [-0.2, 0) is 24.2 Å². The van der Waals surface area contributed by atoms with E-state index in [4.69, 9.17) is 4.74 Å². The molecule has 2 aliphatic heterocycles. The van der Waals surface area contributed by atoms with Gasteiger partial charge in [0.2, 0.25) is 0 Å². The number of aromatic amines is 1. The van der Waals surface area contributed by atoms with Crippen LogP contribution in [0.2, 0.25) is 0 Å². The zero-order valence-electron chi connectivity index (χ0n) is 9.79. The zero-order valence-corrected chi connectivity index (χ0v) is 9.79. The Bertz CT molecular complexity index is 463. The van der Waals surface area contributed by atoms with E-state index >= 15 is 0 Å². The van der Waals surface area contributed by atoms with Crippen molar-refractivity contribution in [2.24, 2.45) is 0 Å². The minimum atomic E-state index is 0.0197. The first-order valence-electron chi connectivity index (χ1n) is 6.25. The summed E-state index contributed by atoms with van der Waals surface area (Å²) in [7, 11) is 0. The van der Waals surface area contributed by atoms with Crippen molar-refractivity contribution < 1.29 is 4.74 Å². The van der Waals surface area contributed by atoms with Gasteiger partial charge in [0.15, 0.2) is 0 Å². The highest BCUT2D eigenvalue weighted by atomic mass is 16.5. The van der Waals surface area contributed by atoms with Crippen LogP contribution >= 0.6 is 0 Å². The summed E-state index contributed by atoms with van der Waals surface area (Å²) in [6, 6.07) is 0.459. The van der Waals surface area contributed by atoms with Gasteiger partial charge in [0.25, 0.3) is 5.56 Å². The molecule has 1 atom stereocenters. The topological polar surface area (TPSA) is 67.0 Å². The summed E-state index contributed by atoms with van der Waals surface area (Å²) >= 11 is 0. The molecular weight excluding hydrogens is 218 g/mol. The summed E-state index contributed by atoms with van der Waals surface area (Å²) < 4.78 is 5.35. The van der Waals surface area contributed by atoms with Gasteiger partial charge in [-0.3, -0.25) is 4.79 Å². The van der Waals surface area contributed by atoms with Crippen molar-refractivity contribution in [3.8, 4) is 0 Å². The summed E-state index contributed by atoms with van der Waals surface area (Å²) in [5.41, 5.74) is 1.65. The van der Waals surface area contributed by atoms with E-state index in [9.17, 15) is 4.79 Å². The summed E-state index contributed by atoms with van der Waals surface area (Å²) in [5, 5.41) is 3.41. The van der Waals surface area contributed by atoms with E-state index in [-0.39, 0.29) is 5.56 Å². The quantitative estimate of drug-likeness (QED) is 0.765. The standard InChI is InChI=1S/C12H17N3O2/c16-12-9-3-5-17-7-10(9)14-11(15-12)6-8-2-1-4-13-8/h8,13H,1-7H2,(H,14,15,16). The predicted molar refractivity (Wildman–Crippen MR) is 62.9 cm³/mol. The number of hydrogen-bond acceptors (Lipinski definition) is 4. The predicted octanol–water partition coefficient (Wildman–Crippen LogP) is 0.137. The highest BCUT2D eigenvalue weighted by Crippen LogP contribution is 2.13. The first kappa shape index (κ1) is 10.9. The van der Waals surface area contributed by atoms with E-state index in [1.54, 1.807) is 0 Å². The van der Waals surface area contributed by atoms with E-state index in [0.717, 1.165) is 36.5 Å². The Balaban J connectivity index is 1.85. The first-order valence-corrected chi connectivity index (χ1v) is 6.25. The Morgan fingerprint density at radius 3 is 3.24 bits per heavy atom. The molecule has 0 aliphatic carbocycles. The normalized spacial score (nSPS) is 23.6. The van der Waals surface area contributed by atoms with Crippen molar-refractivity contribution in [3.63, 3.8) is 0 Å². The highest BCUT2D eigenvalue weighted by molar-refractivity contribution is 5.19.